The highest BCUT2D eigenvalue weighted by atomic mass is 16.2. The van der Waals surface area contributed by atoms with Crippen molar-refractivity contribution < 1.29 is 9.59 Å². The molecule has 5 fully saturated rings. The average Bonchev–Trinajstić information content (AvgIpc) is 2.72. The van der Waals surface area contributed by atoms with Crippen LogP contribution >= 0.6 is 0 Å². The molecule has 5 saturated carbocycles. The van der Waals surface area contributed by atoms with Crippen molar-refractivity contribution in [2.24, 2.45) is 23.2 Å². The summed E-state index contributed by atoms with van der Waals surface area (Å²) in [6.07, 6.45) is 11.4. The van der Waals surface area contributed by atoms with Crippen LogP contribution in [0.15, 0.2) is 30.3 Å². The van der Waals surface area contributed by atoms with Gasteiger partial charge in [0.2, 0.25) is 11.8 Å². The first-order valence-electron chi connectivity index (χ1n) is 11.7. The maximum atomic E-state index is 13.0. The van der Waals surface area contributed by atoms with E-state index in [9.17, 15) is 9.59 Å². The summed E-state index contributed by atoms with van der Waals surface area (Å²) >= 11 is 0. The molecule has 2 amide bonds. The number of amides is 2. The van der Waals surface area contributed by atoms with Crippen LogP contribution in [0.3, 0.4) is 0 Å². The van der Waals surface area contributed by atoms with Crippen LogP contribution in [0.25, 0.3) is 0 Å². The van der Waals surface area contributed by atoms with Gasteiger partial charge in [-0.2, -0.15) is 0 Å². The van der Waals surface area contributed by atoms with E-state index in [0.717, 1.165) is 62.7 Å². The Labute approximate surface area is 174 Å². The summed E-state index contributed by atoms with van der Waals surface area (Å²) in [5.74, 6) is 2.99. The smallest absolute Gasteiger partial charge is 0.239 e. The van der Waals surface area contributed by atoms with E-state index >= 15 is 0 Å². The van der Waals surface area contributed by atoms with Crippen LogP contribution in [0.2, 0.25) is 0 Å². The molecule has 4 bridgehead atoms. The average molecular weight is 395 g/mol. The van der Waals surface area contributed by atoms with E-state index < -0.39 is 0 Å². The molecule has 1 aromatic rings. The molecule has 6 rings (SSSR count). The van der Waals surface area contributed by atoms with Gasteiger partial charge in [0.15, 0.2) is 0 Å². The summed E-state index contributed by atoms with van der Waals surface area (Å²) in [6, 6.07) is 10.9. The molecule has 0 saturated heterocycles. The maximum absolute atomic E-state index is 13.0. The van der Waals surface area contributed by atoms with Crippen LogP contribution < -0.4 is 10.6 Å². The second-order valence-corrected chi connectivity index (χ2v) is 10.4. The van der Waals surface area contributed by atoms with Crippen molar-refractivity contribution in [1.82, 2.24) is 10.6 Å². The van der Waals surface area contributed by atoms with E-state index in [0.29, 0.717) is 5.92 Å². The molecule has 29 heavy (non-hydrogen) atoms. The van der Waals surface area contributed by atoms with Crippen LogP contribution in [0.4, 0.5) is 0 Å². The van der Waals surface area contributed by atoms with Gasteiger partial charge < -0.3 is 10.6 Å². The first-order valence-corrected chi connectivity index (χ1v) is 11.7. The van der Waals surface area contributed by atoms with E-state index in [1.54, 1.807) is 0 Å². The first-order chi connectivity index (χ1) is 14.1. The van der Waals surface area contributed by atoms with Crippen molar-refractivity contribution in [2.45, 2.75) is 76.2 Å². The van der Waals surface area contributed by atoms with E-state index in [2.05, 4.69) is 41.0 Å². The zero-order valence-electron chi connectivity index (χ0n) is 17.4. The number of hydrogen-bond acceptors (Lipinski definition) is 2. The third kappa shape index (κ3) is 3.95. The third-order valence-electron chi connectivity index (χ3n) is 8.29. The van der Waals surface area contributed by atoms with Crippen LogP contribution in [-0.4, -0.2) is 24.4 Å². The predicted molar refractivity (Wildman–Crippen MR) is 113 cm³/mol. The van der Waals surface area contributed by atoms with Gasteiger partial charge in [0, 0.05) is 11.5 Å². The topological polar surface area (TPSA) is 58.2 Å². The zero-order valence-corrected chi connectivity index (χ0v) is 17.4. The van der Waals surface area contributed by atoms with Crippen molar-refractivity contribution in [3.05, 3.63) is 35.9 Å². The highest BCUT2D eigenvalue weighted by molar-refractivity contribution is 5.88. The van der Waals surface area contributed by atoms with E-state index in [-0.39, 0.29) is 29.8 Å². The minimum atomic E-state index is -0.164. The van der Waals surface area contributed by atoms with Gasteiger partial charge in [-0.3, -0.25) is 9.59 Å². The standard InChI is InChI=1S/C25H34N2O2/c28-23(27-22-8-6-21(7-9-22)20-4-2-1-3-5-20)16-26-24(29)25-13-17-10-18(14-25)12-19(11-17)15-25/h1-5,17-19,21-22H,6-16H2,(H,26,29)(H,27,28). The van der Waals surface area contributed by atoms with Gasteiger partial charge >= 0.3 is 0 Å². The number of nitrogens with one attached hydrogen (secondary N) is 2. The van der Waals surface area contributed by atoms with E-state index in [1.807, 2.05) is 0 Å². The lowest BCUT2D eigenvalue weighted by atomic mass is 9.49. The summed E-state index contributed by atoms with van der Waals surface area (Å²) in [4.78, 5) is 25.5. The summed E-state index contributed by atoms with van der Waals surface area (Å²) in [5, 5.41) is 6.18. The highest BCUT2D eigenvalue weighted by Gasteiger charge is 2.54. The third-order valence-corrected chi connectivity index (χ3v) is 8.29. The number of rotatable bonds is 5. The minimum absolute atomic E-state index is 0.0220. The molecule has 0 aliphatic heterocycles. The monoisotopic (exact) mass is 394 g/mol. The zero-order chi connectivity index (χ0) is 19.8. The van der Waals surface area contributed by atoms with Crippen LogP contribution in [0, 0.1) is 23.2 Å². The molecule has 156 valence electrons. The molecular formula is C25H34N2O2. The second kappa shape index (κ2) is 7.77. The molecule has 5 aliphatic rings. The van der Waals surface area contributed by atoms with Crippen LogP contribution in [-0.2, 0) is 9.59 Å². The van der Waals surface area contributed by atoms with Gasteiger partial charge in [-0.25, -0.2) is 0 Å². The predicted octanol–water partition coefficient (Wildman–Crippen LogP) is 4.16. The molecule has 0 atom stereocenters. The Kier molecular flexibility index (Phi) is 5.13. The Hall–Kier alpha value is -1.84. The van der Waals surface area contributed by atoms with Gasteiger partial charge in [-0.05, 0) is 93.4 Å². The number of benzene rings is 1. The minimum Gasteiger partial charge on any atom is -0.352 e. The number of hydrogen-bond donors (Lipinski definition) is 2. The lowest BCUT2D eigenvalue weighted by Gasteiger charge is -2.55. The van der Waals surface area contributed by atoms with Crippen molar-refractivity contribution in [2.75, 3.05) is 6.54 Å². The van der Waals surface area contributed by atoms with Gasteiger partial charge in [-0.15, -0.1) is 0 Å². The highest BCUT2D eigenvalue weighted by Crippen LogP contribution is 2.60. The number of carbonyl (C=O) groups excluding carboxylic acids is 2. The molecule has 4 heteroatoms. The number of carbonyl (C=O) groups is 2. The Balaban J connectivity index is 1.08. The SMILES string of the molecule is O=C(CNC(=O)C12CC3CC(CC(C3)C1)C2)NC1CCC(c2ccccc2)CC1. The van der Waals surface area contributed by atoms with Gasteiger partial charge in [0.05, 0.1) is 6.54 Å². The molecule has 1 aromatic carbocycles. The molecule has 4 nitrogen and oxygen atoms in total. The van der Waals surface area contributed by atoms with Crippen molar-refractivity contribution in [3.63, 3.8) is 0 Å². The first kappa shape index (κ1) is 19.1. The summed E-state index contributed by atoms with van der Waals surface area (Å²) < 4.78 is 0. The van der Waals surface area contributed by atoms with Crippen LogP contribution in [0.5, 0.6) is 0 Å². The van der Waals surface area contributed by atoms with Crippen molar-refractivity contribution in [3.8, 4) is 0 Å². The fraction of sp³-hybridized carbons (Fsp3) is 0.680. The fourth-order valence-electron chi connectivity index (χ4n) is 7.31. The van der Waals surface area contributed by atoms with E-state index in [1.165, 1.54) is 24.8 Å². The fourth-order valence-corrected chi connectivity index (χ4v) is 7.31. The van der Waals surface area contributed by atoms with Crippen LogP contribution in [0.1, 0.15) is 75.7 Å². The quantitative estimate of drug-likeness (QED) is 0.788. The lowest BCUT2D eigenvalue weighted by Crippen LogP contribution is -2.55. The van der Waals surface area contributed by atoms with Crippen molar-refractivity contribution in [1.29, 1.82) is 0 Å². The lowest BCUT2D eigenvalue weighted by molar-refractivity contribution is -0.147. The Morgan fingerprint density at radius 2 is 1.45 bits per heavy atom. The molecule has 0 heterocycles. The molecule has 0 spiro atoms. The summed E-state index contributed by atoms with van der Waals surface area (Å²) in [6.45, 7) is 0.138. The van der Waals surface area contributed by atoms with Gasteiger partial charge in [0.25, 0.3) is 0 Å². The molecule has 2 N–H and O–H groups in total. The normalized spacial score (nSPS) is 37.9. The molecule has 5 aliphatic carbocycles. The molecule has 0 unspecified atom stereocenters. The molecular weight excluding hydrogens is 360 g/mol. The van der Waals surface area contributed by atoms with Gasteiger partial charge in [-0.1, -0.05) is 30.3 Å². The van der Waals surface area contributed by atoms with Gasteiger partial charge in [0.1, 0.15) is 0 Å². The van der Waals surface area contributed by atoms with E-state index in [4.69, 9.17) is 0 Å². The largest absolute Gasteiger partial charge is 0.352 e. The summed E-state index contributed by atoms with van der Waals surface area (Å²) in [5.41, 5.74) is 1.25. The second-order valence-electron chi connectivity index (χ2n) is 10.4. The summed E-state index contributed by atoms with van der Waals surface area (Å²) in [7, 11) is 0. The Morgan fingerprint density at radius 3 is 2.03 bits per heavy atom. The molecule has 0 aromatic heterocycles. The van der Waals surface area contributed by atoms with Crippen molar-refractivity contribution >= 4 is 11.8 Å². The Bertz CT molecular complexity index is 716. The maximum Gasteiger partial charge on any atom is 0.239 e. The molecule has 0 radical (unpaired) electrons. The Morgan fingerprint density at radius 1 is 0.862 bits per heavy atom.